The van der Waals surface area contributed by atoms with Gasteiger partial charge in [0.15, 0.2) is 5.76 Å². The van der Waals surface area contributed by atoms with Crippen molar-refractivity contribution >= 4 is 16.8 Å². The molecule has 0 spiro atoms. The third kappa shape index (κ3) is 2.21. The van der Waals surface area contributed by atoms with Crippen LogP contribution in [-0.2, 0) is 6.54 Å². The third-order valence-electron chi connectivity index (χ3n) is 3.18. The number of fused-ring (bicyclic) bond motifs is 1. The molecular formula is C16H14N2O2. The fourth-order valence-electron chi connectivity index (χ4n) is 2.15. The first-order valence-electron chi connectivity index (χ1n) is 6.37. The maximum Gasteiger partial charge on any atom is 0.228 e. The molecule has 3 aromatic rings. The van der Waals surface area contributed by atoms with Gasteiger partial charge in [-0.2, -0.15) is 0 Å². The number of rotatable bonds is 3. The number of benzene rings is 1. The van der Waals surface area contributed by atoms with Crippen molar-refractivity contribution in [3.05, 3.63) is 65.2 Å². The lowest BCUT2D eigenvalue weighted by atomic mass is 10.1. The van der Waals surface area contributed by atoms with Gasteiger partial charge in [-0.3, -0.25) is 9.78 Å². The summed E-state index contributed by atoms with van der Waals surface area (Å²) >= 11 is 0. The molecule has 2 N–H and O–H groups in total. The molecule has 2 heterocycles. The van der Waals surface area contributed by atoms with E-state index in [9.17, 15) is 4.79 Å². The molecule has 20 heavy (non-hydrogen) atoms. The van der Waals surface area contributed by atoms with Crippen LogP contribution in [0.15, 0.2) is 47.0 Å². The average Bonchev–Trinajstić information content (AvgIpc) is 2.89. The molecule has 0 radical (unpaired) electrons. The van der Waals surface area contributed by atoms with E-state index in [1.54, 1.807) is 24.4 Å². The van der Waals surface area contributed by atoms with Gasteiger partial charge in [0.2, 0.25) is 5.78 Å². The lowest BCUT2D eigenvalue weighted by Gasteiger charge is -1.99. The molecule has 4 heteroatoms. The van der Waals surface area contributed by atoms with Gasteiger partial charge in [0.05, 0.1) is 5.69 Å². The summed E-state index contributed by atoms with van der Waals surface area (Å²) in [5, 5.41) is 0.932. The van der Waals surface area contributed by atoms with E-state index in [1.165, 1.54) is 0 Å². The monoisotopic (exact) mass is 266 g/mol. The van der Waals surface area contributed by atoms with Crippen LogP contribution in [0.25, 0.3) is 11.0 Å². The van der Waals surface area contributed by atoms with E-state index in [0.29, 0.717) is 29.1 Å². The molecule has 0 saturated carbocycles. The summed E-state index contributed by atoms with van der Waals surface area (Å²) in [6.07, 6.45) is 1.59. The number of furan rings is 1. The third-order valence-corrected chi connectivity index (χ3v) is 3.18. The van der Waals surface area contributed by atoms with E-state index in [0.717, 1.165) is 10.9 Å². The first-order chi connectivity index (χ1) is 9.67. The van der Waals surface area contributed by atoms with Crippen LogP contribution in [0, 0.1) is 6.92 Å². The van der Waals surface area contributed by atoms with E-state index >= 15 is 0 Å². The van der Waals surface area contributed by atoms with Crippen LogP contribution >= 0.6 is 0 Å². The second kappa shape index (κ2) is 4.90. The van der Waals surface area contributed by atoms with E-state index in [-0.39, 0.29) is 5.78 Å². The van der Waals surface area contributed by atoms with Gasteiger partial charge in [-0.1, -0.05) is 11.6 Å². The molecule has 0 aliphatic carbocycles. The highest BCUT2D eigenvalue weighted by atomic mass is 16.3. The van der Waals surface area contributed by atoms with Crippen molar-refractivity contribution in [2.45, 2.75) is 13.5 Å². The quantitative estimate of drug-likeness (QED) is 0.740. The minimum absolute atomic E-state index is 0.157. The summed E-state index contributed by atoms with van der Waals surface area (Å²) in [4.78, 5) is 16.5. The van der Waals surface area contributed by atoms with Gasteiger partial charge in [-0.25, -0.2) is 0 Å². The zero-order valence-corrected chi connectivity index (χ0v) is 11.1. The average molecular weight is 266 g/mol. The Labute approximate surface area is 116 Å². The number of nitrogens with two attached hydrogens (primary N) is 1. The molecule has 3 rings (SSSR count). The van der Waals surface area contributed by atoms with Gasteiger partial charge < -0.3 is 10.2 Å². The molecule has 0 saturated heterocycles. The summed E-state index contributed by atoms with van der Waals surface area (Å²) in [5.74, 6) is 0.177. The van der Waals surface area contributed by atoms with Gasteiger partial charge >= 0.3 is 0 Å². The topological polar surface area (TPSA) is 69.1 Å². The molecule has 0 bridgehead atoms. The standard InChI is InChI=1S/C16H14N2O2/c1-10-2-3-14-12(6-10)8-15(20-14)16(19)11-4-5-18-13(7-11)9-17/h2-8H,9,17H2,1H3. The minimum atomic E-state index is -0.157. The first kappa shape index (κ1) is 12.6. The zero-order valence-electron chi connectivity index (χ0n) is 11.1. The summed E-state index contributed by atoms with van der Waals surface area (Å²) in [6.45, 7) is 2.31. The number of nitrogens with zero attached hydrogens (tertiary/aromatic N) is 1. The molecule has 2 aromatic heterocycles. The normalized spacial score (nSPS) is 10.9. The molecule has 0 atom stereocenters. The minimum Gasteiger partial charge on any atom is -0.453 e. The Kier molecular flexibility index (Phi) is 3.08. The van der Waals surface area contributed by atoms with E-state index in [4.69, 9.17) is 10.2 Å². The Morgan fingerprint density at radius 3 is 2.90 bits per heavy atom. The lowest BCUT2D eigenvalue weighted by molar-refractivity contribution is 0.101. The number of carbonyl (C=O) groups is 1. The molecule has 100 valence electrons. The first-order valence-corrected chi connectivity index (χ1v) is 6.37. The van der Waals surface area contributed by atoms with Crippen molar-refractivity contribution in [1.82, 2.24) is 4.98 Å². The van der Waals surface area contributed by atoms with Crippen LogP contribution in [0.2, 0.25) is 0 Å². The van der Waals surface area contributed by atoms with Gasteiger partial charge in [0.1, 0.15) is 5.58 Å². The molecular weight excluding hydrogens is 252 g/mol. The Hall–Kier alpha value is -2.46. The van der Waals surface area contributed by atoms with Crippen molar-refractivity contribution < 1.29 is 9.21 Å². The molecule has 4 nitrogen and oxygen atoms in total. The summed E-state index contributed by atoms with van der Waals surface area (Å²) < 4.78 is 5.61. The number of ketones is 1. The van der Waals surface area contributed by atoms with Gasteiger partial charge in [0, 0.05) is 23.7 Å². The van der Waals surface area contributed by atoms with Crippen molar-refractivity contribution in [3.63, 3.8) is 0 Å². The van der Waals surface area contributed by atoms with Crippen LogP contribution in [-0.4, -0.2) is 10.8 Å². The maximum absolute atomic E-state index is 12.4. The van der Waals surface area contributed by atoms with Crippen LogP contribution in [0.1, 0.15) is 27.4 Å². The number of hydrogen-bond acceptors (Lipinski definition) is 4. The number of aryl methyl sites for hydroxylation is 1. The molecule has 1 aromatic carbocycles. The Balaban J connectivity index is 2.03. The molecule has 0 aliphatic heterocycles. The molecule has 0 amide bonds. The highest BCUT2D eigenvalue weighted by Crippen LogP contribution is 2.22. The molecule has 0 unspecified atom stereocenters. The molecule has 0 aliphatic rings. The largest absolute Gasteiger partial charge is 0.453 e. The van der Waals surface area contributed by atoms with Crippen LogP contribution < -0.4 is 5.73 Å². The van der Waals surface area contributed by atoms with Crippen LogP contribution in [0.5, 0.6) is 0 Å². The van der Waals surface area contributed by atoms with E-state index in [2.05, 4.69) is 4.98 Å². The fourth-order valence-corrected chi connectivity index (χ4v) is 2.15. The van der Waals surface area contributed by atoms with Crippen LogP contribution in [0.4, 0.5) is 0 Å². The summed E-state index contributed by atoms with van der Waals surface area (Å²) in [5.41, 5.74) is 8.61. The number of carbonyl (C=O) groups excluding carboxylic acids is 1. The van der Waals surface area contributed by atoms with Crippen molar-refractivity contribution in [1.29, 1.82) is 0 Å². The number of pyridine rings is 1. The van der Waals surface area contributed by atoms with Gasteiger partial charge in [-0.05, 0) is 37.3 Å². The summed E-state index contributed by atoms with van der Waals surface area (Å²) in [7, 11) is 0. The van der Waals surface area contributed by atoms with Crippen molar-refractivity contribution in [3.8, 4) is 0 Å². The Bertz CT molecular complexity index is 790. The highest BCUT2D eigenvalue weighted by Gasteiger charge is 2.15. The summed E-state index contributed by atoms with van der Waals surface area (Å²) in [6, 6.07) is 11.0. The smallest absolute Gasteiger partial charge is 0.228 e. The predicted molar refractivity (Wildman–Crippen MR) is 76.5 cm³/mol. The second-order valence-electron chi connectivity index (χ2n) is 4.72. The van der Waals surface area contributed by atoms with E-state index < -0.39 is 0 Å². The Morgan fingerprint density at radius 2 is 2.10 bits per heavy atom. The second-order valence-corrected chi connectivity index (χ2v) is 4.72. The Morgan fingerprint density at radius 1 is 1.25 bits per heavy atom. The SMILES string of the molecule is Cc1ccc2oc(C(=O)c3ccnc(CN)c3)cc2c1. The van der Waals surface area contributed by atoms with E-state index in [1.807, 2.05) is 25.1 Å². The van der Waals surface area contributed by atoms with Crippen LogP contribution in [0.3, 0.4) is 0 Å². The number of hydrogen-bond donors (Lipinski definition) is 1. The zero-order chi connectivity index (χ0) is 14.1. The van der Waals surface area contributed by atoms with Gasteiger partial charge in [0.25, 0.3) is 0 Å². The predicted octanol–water partition coefficient (Wildman–Crippen LogP) is 2.83. The highest BCUT2D eigenvalue weighted by molar-refractivity contribution is 6.09. The fraction of sp³-hybridized carbons (Fsp3) is 0.125. The van der Waals surface area contributed by atoms with Gasteiger partial charge in [-0.15, -0.1) is 0 Å². The number of aromatic nitrogens is 1. The van der Waals surface area contributed by atoms with Crippen molar-refractivity contribution in [2.24, 2.45) is 5.73 Å². The lowest BCUT2D eigenvalue weighted by Crippen LogP contribution is -2.04. The molecule has 0 fully saturated rings. The van der Waals surface area contributed by atoms with Crippen molar-refractivity contribution in [2.75, 3.05) is 0 Å². The maximum atomic E-state index is 12.4.